The maximum absolute atomic E-state index is 10.0. The molecule has 0 unspecified atom stereocenters. The molecule has 114 valence electrons. The Morgan fingerprint density at radius 2 is 1.84 bits per heavy atom. The lowest BCUT2D eigenvalue weighted by Crippen LogP contribution is -2.32. The highest BCUT2D eigenvalue weighted by atomic mass is 28.4. The van der Waals surface area contributed by atoms with Crippen LogP contribution in [0.3, 0.4) is 0 Å². The van der Waals surface area contributed by atoms with Crippen LogP contribution in [0.2, 0.25) is 19.6 Å². The van der Waals surface area contributed by atoms with Crippen molar-refractivity contribution in [2.75, 3.05) is 13.2 Å². The zero-order valence-corrected chi connectivity index (χ0v) is 14.1. The van der Waals surface area contributed by atoms with E-state index in [-0.39, 0.29) is 12.2 Å². The van der Waals surface area contributed by atoms with E-state index in [4.69, 9.17) is 13.9 Å². The second kappa shape index (κ2) is 7.18. The molecule has 0 aromatic heterocycles. The van der Waals surface area contributed by atoms with Gasteiger partial charge in [0, 0.05) is 12.5 Å². The van der Waals surface area contributed by atoms with Crippen LogP contribution in [-0.2, 0) is 13.9 Å². The van der Waals surface area contributed by atoms with Gasteiger partial charge in [-0.25, -0.2) is 0 Å². The topological polar surface area (TPSA) is 47.9 Å². The van der Waals surface area contributed by atoms with Crippen LogP contribution in [-0.4, -0.2) is 44.6 Å². The molecule has 1 aliphatic rings. The normalized spacial score (nSPS) is 22.4. The summed E-state index contributed by atoms with van der Waals surface area (Å²) in [6.45, 7) is 11.9. The smallest absolute Gasteiger partial charge is 0.184 e. The standard InChI is InChI=1S/C14H30O4Si/c1-12(18-19(3,4)5)11-13(15)7-6-8-14(2)16-9-10-17-14/h12-13,15H,6-11H2,1-5H3/t12-,13+/m0/s1. The zero-order valence-electron chi connectivity index (χ0n) is 13.1. The molecule has 1 aliphatic heterocycles. The van der Waals surface area contributed by atoms with Crippen molar-refractivity contribution in [1.82, 2.24) is 0 Å². The molecule has 0 aliphatic carbocycles. The van der Waals surface area contributed by atoms with E-state index in [2.05, 4.69) is 19.6 Å². The molecule has 1 rings (SSSR count). The molecule has 0 bridgehead atoms. The maximum atomic E-state index is 10.0. The molecular formula is C14H30O4Si. The molecule has 19 heavy (non-hydrogen) atoms. The van der Waals surface area contributed by atoms with E-state index in [1.807, 2.05) is 13.8 Å². The largest absolute Gasteiger partial charge is 0.415 e. The highest BCUT2D eigenvalue weighted by Crippen LogP contribution is 2.25. The quantitative estimate of drug-likeness (QED) is 0.698. The lowest BCUT2D eigenvalue weighted by Gasteiger charge is -2.26. The minimum absolute atomic E-state index is 0.135. The Morgan fingerprint density at radius 3 is 2.37 bits per heavy atom. The molecule has 1 saturated heterocycles. The van der Waals surface area contributed by atoms with Crippen LogP contribution >= 0.6 is 0 Å². The van der Waals surface area contributed by atoms with Crippen LogP contribution in [0.5, 0.6) is 0 Å². The van der Waals surface area contributed by atoms with Crippen LogP contribution in [0.15, 0.2) is 0 Å². The lowest BCUT2D eigenvalue weighted by atomic mass is 10.0. The van der Waals surface area contributed by atoms with Gasteiger partial charge < -0.3 is 19.0 Å². The summed E-state index contributed by atoms with van der Waals surface area (Å²) in [6, 6.07) is 0. The lowest BCUT2D eigenvalue weighted by molar-refractivity contribution is -0.148. The third-order valence-corrected chi connectivity index (χ3v) is 4.33. The molecule has 0 saturated carbocycles. The minimum atomic E-state index is -1.50. The molecular weight excluding hydrogens is 260 g/mol. The van der Waals surface area contributed by atoms with Crippen LogP contribution in [0.25, 0.3) is 0 Å². The SMILES string of the molecule is C[C@@H](C[C@H](O)CCCC1(C)OCCO1)O[Si](C)(C)C. The Kier molecular flexibility index (Phi) is 6.46. The number of hydrogen-bond acceptors (Lipinski definition) is 4. The summed E-state index contributed by atoms with van der Waals surface area (Å²) in [4.78, 5) is 0. The number of hydrogen-bond donors (Lipinski definition) is 1. The Hall–Kier alpha value is 0.0569. The molecule has 0 amide bonds. The molecule has 0 spiro atoms. The van der Waals surface area contributed by atoms with Gasteiger partial charge in [0.15, 0.2) is 14.1 Å². The van der Waals surface area contributed by atoms with Crippen molar-refractivity contribution in [2.45, 2.75) is 77.2 Å². The molecule has 2 atom stereocenters. The van der Waals surface area contributed by atoms with Gasteiger partial charge in [-0.05, 0) is 52.8 Å². The molecule has 1 N–H and O–H groups in total. The highest BCUT2D eigenvalue weighted by Gasteiger charge is 2.30. The van der Waals surface area contributed by atoms with Crippen molar-refractivity contribution >= 4 is 8.32 Å². The minimum Gasteiger partial charge on any atom is -0.415 e. The first-order valence-corrected chi connectivity index (χ1v) is 10.7. The molecule has 0 aromatic carbocycles. The molecule has 0 radical (unpaired) electrons. The summed E-state index contributed by atoms with van der Waals surface area (Å²) in [5.41, 5.74) is 0. The van der Waals surface area contributed by atoms with Crippen LogP contribution < -0.4 is 0 Å². The van der Waals surface area contributed by atoms with Gasteiger partial charge in [-0.3, -0.25) is 0 Å². The predicted octanol–water partition coefficient (Wildman–Crippen LogP) is 2.91. The fraction of sp³-hybridized carbons (Fsp3) is 1.00. The van der Waals surface area contributed by atoms with Crippen molar-refractivity contribution in [2.24, 2.45) is 0 Å². The third kappa shape index (κ3) is 7.42. The van der Waals surface area contributed by atoms with E-state index in [0.29, 0.717) is 19.6 Å². The molecule has 0 aromatic rings. The number of rotatable bonds is 8. The number of ether oxygens (including phenoxy) is 2. The first kappa shape index (κ1) is 17.1. The Morgan fingerprint density at radius 1 is 1.26 bits per heavy atom. The second-order valence-electron chi connectivity index (χ2n) is 6.65. The molecule has 1 fully saturated rings. The Labute approximate surface area is 118 Å². The van der Waals surface area contributed by atoms with Crippen LogP contribution in [0.1, 0.15) is 39.5 Å². The van der Waals surface area contributed by atoms with E-state index in [0.717, 1.165) is 19.3 Å². The van der Waals surface area contributed by atoms with Crippen molar-refractivity contribution in [3.63, 3.8) is 0 Å². The first-order valence-electron chi connectivity index (χ1n) is 7.34. The summed E-state index contributed by atoms with van der Waals surface area (Å²) < 4.78 is 17.0. The van der Waals surface area contributed by atoms with E-state index in [1.54, 1.807) is 0 Å². The number of aliphatic hydroxyl groups excluding tert-OH is 1. The summed E-state index contributed by atoms with van der Waals surface area (Å²) in [5.74, 6) is -0.430. The highest BCUT2D eigenvalue weighted by molar-refractivity contribution is 6.69. The Bertz CT molecular complexity index is 259. The Balaban J connectivity index is 2.15. The van der Waals surface area contributed by atoms with Gasteiger partial charge >= 0.3 is 0 Å². The van der Waals surface area contributed by atoms with Gasteiger partial charge in [0.25, 0.3) is 0 Å². The average Bonchev–Trinajstić information content (AvgIpc) is 2.61. The monoisotopic (exact) mass is 290 g/mol. The second-order valence-corrected chi connectivity index (χ2v) is 11.1. The zero-order chi connectivity index (χ0) is 14.5. The summed E-state index contributed by atoms with van der Waals surface area (Å²) in [5, 5.41) is 10.0. The van der Waals surface area contributed by atoms with Crippen molar-refractivity contribution in [1.29, 1.82) is 0 Å². The van der Waals surface area contributed by atoms with Gasteiger partial charge in [0.2, 0.25) is 0 Å². The van der Waals surface area contributed by atoms with Crippen molar-refractivity contribution in [3.8, 4) is 0 Å². The van der Waals surface area contributed by atoms with E-state index >= 15 is 0 Å². The van der Waals surface area contributed by atoms with Crippen LogP contribution in [0.4, 0.5) is 0 Å². The maximum Gasteiger partial charge on any atom is 0.184 e. The van der Waals surface area contributed by atoms with E-state index in [1.165, 1.54) is 0 Å². The molecule has 5 heteroatoms. The average molecular weight is 290 g/mol. The van der Waals surface area contributed by atoms with Crippen molar-refractivity contribution < 1.29 is 19.0 Å². The van der Waals surface area contributed by atoms with E-state index < -0.39 is 14.1 Å². The third-order valence-electron chi connectivity index (χ3n) is 3.23. The summed E-state index contributed by atoms with van der Waals surface area (Å²) in [6.07, 6.45) is 3.09. The summed E-state index contributed by atoms with van der Waals surface area (Å²) in [7, 11) is -1.50. The van der Waals surface area contributed by atoms with E-state index in [9.17, 15) is 5.11 Å². The van der Waals surface area contributed by atoms with Gasteiger partial charge in [0.05, 0.1) is 19.3 Å². The summed E-state index contributed by atoms with van der Waals surface area (Å²) >= 11 is 0. The van der Waals surface area contributed by atoms with Crippen molar-refractivity contribution in [3.05, 3.63) is 0 Å². The number of aliphatic hydroxyl groups is 1. The van der Waals surface area contributed by atoms with Gasteiger partial charge in [-0.1, -0.05) is 0 Å². The van der Waals surface area contributed by atoms with Gasteiger partial charge in [-0.15, -0.1) is 0 Å². The first-order chi connectivity index (χ1) is 8.70. The van der Waals surface area contributed by atoms with Gasteiger partial charge in [0.1, 0.15) is 0 Å². The molecule has 1 heterocycles. The van der Waals surface area contributed by atoms with Crippen LogP contribution in [0, 0.1) is 0 Å². The van der Waals surface area contributed by atoms with Gasteiger partial charge in [-0.2, -0.15) is 0 Å². The fourth-order valence-corrected chi connectivity index (χ4v) is 3.82. The fourth-order valence-electron chi connectivity index (χ4n) is 2.51. The molecule has 4 nitrogen and oxygen atoms in total. The predicted molar refractivity (Wildman–Crippen MR) is 78.7 cm³/mol.